The molecule has 11 heteroatoms. The molecule has 0 fully saturated rings. The molecule has 0 aliphatic rings. The zero-order valence-corrected chi connectivity index (χ0v) is 15.2. The fourth-order valence-corrected chi connectivity index (χ4v) is 3.21. The predicted octanol–water partition coefficient (Wildman–Crippen LogP) is -0.265. The van der Waals surface area contributed by atoms with E-state index in [-0.39, 0.29) is 23.1 Å². The predicted molar refractivity (Wildman–Crippen MR) is 89.4 cm³/mol. The van der Waals surface area contributed by atoms with E-state index in [2.05, 4.69) is 20.2 Å². The Labute approximate surface area is 145 Å². The van der Waals surface area contributed by atoms with Gasteiger partial charge in [0.15, 0.2) is 5.82 Å². The van der Waals surface area contributed by atoms with Crippen LogP contribution in [0.5, 0.6) is 5.75 Å². The van der Waals surface area contributed by atoms with E-state index in [9.17, 15) is 13.2 Å². The highest BCUT2D eigenvalue weighted by molar-refractivity contribution is 7.89. The van der Waals surface area contributed by atoms with Crippen LogP contribution in [-0.2, 0) is 21.4 Å². The number of benzene rings is 1. The molecular weight excluding hydrogens is 348 g/mol. The zero-order chi connectivity index (χ0) is 18.6. The number of hydrogen-bond acceptors (Lipinski definition) is 7. The monoisotopic (exact) mass is 368 g/mol. The highest BCUT2D eigenvalue weighted by Gasteiger charge is 2.23. The van der Waals surface area contributed by atoms with Gasteiger partial charge in [0, 0.05) is 26.2 Å². The lowest BCUT2D eigenvalue weighted by Gasteiger charge is -2.14. The average molecular weight is 368 g/mol. The summed E-state index contributed by atoms with van der Waals surface area (Å²) in [4.78, 5) is 12.9. The molecule has 0 aliphatic heterocycles. The van der Waals surface area contributed by atoms with Crippen molar-refractivity contribution in [3.05, 3.63) is 18.2 Å². The van der Waals surface area contributed by atoms with Crippen LogP contribution in [0.1, 0.15) is 6.92 Å². The number of amides is 1. The van der Waals surface area contributed by atoms with Crippen molar-refractivity contribution in [1.82, 2.24) is 29.8 Å². The van der Waals surface area contributed by atoms with Gasteiger partial charge >= 0.3 is 0 Å². The number of rotatable bonds is 7. The lowest BCUT2D eigenvalue weighted by molar-refractivity contribution is -0.127. The lowest BCUT2D eigenvalue weighted by atomic mass is 10.2. The number of aryl methyl sites for hydroxylation is 1. The summed E-state index contributed by atoms with van der Waals surface area (Å²) in [5, 5.41) is 11.4. The third-order valence-electron chi connectivity index (χ3n) is 3.45. The first-order chi connectivity index (χ1) is 11.8. The number of carbonyl (C=O) groups excluding carboxylic acids is 1. The Morgan fingerprint density at radius 2 is 2.08 bits per heavy atom. The summed E-state index contributed by atoms with van der Waals surface area (Å²) in [6.07, 6.45) is 0. The van der Waals surface area contributed by atoms with Crippen molar-refractivity contribution in [2.45, 2.75) is 18.4 Å². The van der Waals surface area contributed by atoms with Crippen molar-refractivity contribution in [2.24, 2.45) is 0 Å². The van der Waals surface area contributed by atoms with Crippen LogP contribution in [0.3, 0.4) is 0 Å². The first kappa shape index (κ1) is 18.8. The summed E-state index contributed by atoms with van der Waals surface area (Å²) in [6.45, 7) is 2.05. The summed E-state index contributed by atoms with van der Waals surface area (Å²) in [7, 11) is 0.493. The van der Waals surface area contributed by atoms with Crippen molar-refractivity contribution in [3.8, 4) is 17.1 Å². The third kappa shape index (κ3) is 4.12. The Kier molecular flexibility index (Phi) is 5.69. The van der Waals surface area contributed by atoms with E-state index in [1.807, 2.05) is 6.92 Å². The molecule has 1 aromatic carbocycles. The maximum Gasteiger partial charge on any atom is 0.244 e. The van der Waals surface area contributed by atoms with E-state index in [1.54, 1.807) is 24.8 Å². The molecule has 1 N–H and O–H groups in total. The van der Waals surface area contributed by atoms with Crippen molar-refractivity contribution in [2.75, 3.05) is 27.7 Å². The number of aromatic nitrogens is 4. The van der Waals surface area contributed by atoms with Crippen LogP contribution in [-0.4, -0.2) is 67.2 Å². The Balaban J connectivity index is 2.41. The van der Waals surface area contributed by atoms with Gasteiger partial charge in [0.1, 0.15) is 10.6 Å². The van der Waals surface area contributed by atoms with E-state index in [1.165, 1.54) is 24.1 Å². The van der Waals surface area contributed by atoms with Gasteiger partial charge in [-0.3, -0.25) is 4.79 Å². The first-order valence-electron chi connectivity index (χ1n) is 7.44. The van der Waals surface area contributed by atoms with Gasteiger partial charge in [-0.05, 0) is 35.5 Å². The van der Waals surface area contributed by atoms with Gasteiger partial charge < -0.3 is 9.64 Å². The van der Waals surface area contributed by atoms with Gasteiger partial charge in [0.25, 0.3) is 0 Å². The molecular formula is C14H20N6O4S. The minimum atomic E-state index is -3.97. The second-order valence-electron chi connectivity index (χ2n) is 5.30. The Hall–Kier alpha value is -2.53. The molecule has 10 nitrogen and oxygen atoms in total. The molecule has 0 bridgehead atoms. The second-order valence-corrected chi connectivity index (χ2v) is 7.03. The van der Waals surface area contributed by atoms with Crippen LogP contribution in [0, 0.1) is 0 Å². The molecule has 0 spiro atoms. The average Bonchev–Trinajstić information content (AvgIpc) is 3.07. The highest BCUT2D eigenvalue weighted by Crippen LogP contribution is 2.28. The molecule has 0 radical (unpaired) electrons. The van der Waals surface area contributed by atoms with Gasteiger partial charge in [-0.15, -0.1) is 5.10 Å². The van der Waals surface area contributed by atoms with Crippen LogP contribution in [0.4, 0.5) is 0 Å². The molecule has 2 aromatic rings. The number of nitrogens with one attached hydrogen (secondary N) is 1. The quantitative estimate of drug-likeness (QED) is 0.715. The molecule has 0 aliphatic carbocycles. The van der Waals surface area contributed by atoms with Crippen LogP contribution in [0.25, 0.3) is 11.4 Å². The second kappa shape index (κ2) is 7.57. The van der Waals surface area contributed by atoms with Gasteiger partial charge in [0.2, 0.25) is 15.9 Å². The van der Waals surface area contributed by atoms with Gasteiger partial charge in [-0.1, -0.05) is 0 Å². The van der Waals surface area contributed by atoms with Crippen molar-refractivity contribution >= 4 is 15.9 Å². The van der Waals surface area contributed by atoms with E-state index in [0.29, 0.717) is 17.9 Å². The summed E-state index contributed by atoms with van der Waals surface area (Å²) in [5.74, 6) is 0.226. The maximum absolute atomic E-state index is 12.6. The largest absolute Gasteiger partial charge is 0.495 e. The van der Waals surface area contributed by atoms with Gasteiger partial charge in [-0.25, -0.2) is 17.8 Å². The molecule has 136 valence electrons. The summed E-state index contributed by atoms with van der Waals surface area (Å²) in [5.41, 5.74) is 0.520. The molecule has 1 aromatic heterocycles. The first-order valence-corrected chi connectivity index (χ1v) is 8.92. The minimum absolute atomic E-state index is 0.0929. The molecule has 0 atom stereocenters. The Morgan fingerprint density at radius 3 is 2.68 bits per heavy atom. The molecule has 2 rings (SSSR count). The highest BCUT2D eigenvalue weighted by atomic mass is 32.2. The molecule has 1 heterocycles. The SMILES string of the molecule is CCn1nnnc1-c1ccc(OC)c(S(=O)(=O)NCC(=O)N(C)C)c1. The zero-order valence-electron chi connectivity index (χ0n) is 14.4. The summed E-state index contributed by atoms with van der Waals surface area (Å²) >= 11 is 0. The lowest BCUT2D eigenvalue weighted by Crippen LogP contribution is -2.36. The number of methoxy groups -OCH3 is 1. The number of carbonyl (C=O) groups is 1. The molecule has 0 saturated carbocycles. The number of ether oxygens (including phenoxy) is 1. The molecule has 0 unspecified atom stereocenters. The standard InChI is InChI=1S/C14H20N6O4S/c1-5-20-14(16-17-18-20)10-6-7-11(24-4)12(8-10)25(22,23)15-9-13(21)19(2)3/h6-8,15H,5,9H2,1-4H3. The smallest absolute Gasteiger partial charge is 0.244 e. The van der Waals surface area contributed by atoms with Crippen LogP contribution in [0.2, 0.25) is 0 Å². The fourth-order valence-electron chi connectivity index (χ4n) is 2.04. The third-order valence-corrected chi connectivity index (χ3v) is 4.88. The van der Waals surface area contributed by atoms with Crippen molar-refractivity contribution in [1.29, 1.82) is 0 Å². The minimum Gasteiger partial charge on any atom is -0.495 e. The fraction of sp³-hybridized carbons (Fsp3) is 0.429. The Morgan fingerprint density at radius 1 is 1.36 bits per heavy atom. The number of nitrogens with zero attached hydrogens (tertiary/aromatic N) is 5. The van der Waals surface area contributed by atoms with Crippen LogP contribution < -0.4 is 9.46 Å². The maximum atomic E-state index is 12.6. The number of hydrogen-bond donors (Lipinski definition) is 1. The Bertz CT molecular complexity index is 862. The molecule has 25 heavy (non-hydrogen) atoms. The van der Waals surface area contributed by atoms with E-state index in [4.69, 9.17) is 4.74 Å². The van der Waals surface area contributed by atoms with Gasteiger partial charge in [-0.2, -0.15) is 0 Å². The van der Waals surface area contributed by atoms with Gasteiger partial charge in [0.05, 0.1) is 13.7 Å². The van der Waals surface area contributed by atoms with Crippen molar-refractivity contribution in [3.63, 3.8) is 0 Å². The van der Waals surface area contributed by atoms with E-state index < -0.39 is 10.0 Å². The van der Waals surface area contributed by atoms with Crippen LogP contribution in [0.15, 0.2) is 23.1 Å². The molecule has 1 amide bonds. The number of likely N-dealkylation sites (N-methyl/N-ethyl adjacent to an activating group) is 1. The van der Waals surface area contributed by atoms with Crippen molar-refractivity contribution < 1.29 is 17.9 Å². The van der Waals surface area contributed by atoms with E-state index in [0.717, 1.165) is 0 Å². The van der Waals surface area contributed by atoms with E-state index >= 15 is 0 Å². The molecule has 0 saturated heterocycles. The summed E-state index contributed by atoms with van der Waals surface area (Å²) in [6, 6.07) is 4.60. The number of tetrazole rings is 1. The summed E-state index contributed by atoms with van der Waals surface area (Å²) < 4.78 is 34.1. The number of sulfonamides is 1. The normalized spacial score (nSPS) is 11.4. The topological polar surface area (TPSA) is 119 Å². The van der Waals surface area contributed by atoms with Crippen LogP contribution >= 0.6 is 0 Å².